The maximum atomic E-state index is 4.59. The van der Waals surface area contributed by atoms with Gasteiger partial charge in [-0.1, -0.05) is 13.8 Å². The van der Waals surface area contributed by atoms with E-state index in [0.717, 1.165) is 55.2 Å². The second kappa shape index (κ2) is 6.73. The topological polar surface area (TPSA) is 49.8 Å². The zero-order valence-electron chi connectivity index (χ0n) is 12.4. The van der Waals surface area contributed by atoms with Gasteiger partial charge in [0.1, 0.15) is 17.5 Å². The molecular formula is C15H26N4. The van der Waals surface area contributed by atoms with Gasteiger partial charge >= 0.3 is 0 Å². The fraction of sp³-hybridized carbons (Fsp3) is 0.733. The zero-order valence-corrected chi connectivity index (χ0v) is 12.4. The smallest absolute Gasteiger partial charge is 0.133 e. The van der Waals surface area contributed by atoms with Crippen molar-refractivity contribution < 1.29 is 0 Å². The molecule has 2 N–H and O–H groups in total. The van der Waals surface area contributed by atoms with Crippen molar-refractivity contribution in [1.29, 1.82) is 0 Å². The van der Waals surface area contributed by atoms with E-state index in [0.29, 0.717) is 0 Å². The van der Waals surface area contributed by atoms with E-state index in [4.69, 9.17) is 0 Å². The van der Waals surface area contributed by atoms with Gasteiger partial charge in [0.25, 0.3) is 0 Å². The lowest BCUT2D eigenvalue weighted by Crippen LogP contribution is -2.15. The summed E-state index contributed by atoms with van der Waals surface area (Å²) in [4.78, 5) is 9.12. The molecule has 0 saturated heterocycles. The Kier molecular flexibility index (Phi) is 5.00. The van der Waals surface area contributed by atoms with Gasteiger partial charge in [0.15, 0.2) is 0 Å². The highest BCUT2D eigenvalue weighted by Crippen LogP contribution is 2.36. The first-order chi connectivity index (χ1) is 9.22. The van der Waals surface area contributed by atoms with E-state index >= 15 is 0 Å². The molecule has 0 bridgehead atoms. The van der Waals surface area contributed by atoms with Crippen molar-refractivity contribution in [1.82, 2.24) is 9.97 Å². The van der Waals surface area contributed by atoms with E-state index in [1.807, 2.05) is 6.07 Å². The van der Waals surface area contributed by atoms with Crippen LogP contribution in [-0.2, 0) is 6.42 Å². The van der Waals surface area contributed by atoms with Gasteiger partial charge in [-0.15, -0.1) is 0 Å². The summed E-state index contributed by atoms with van der Waals surface area (Å²) < 4.78 is 0. The molecule has 4 heteroatoms. The standard InChI is InChI=1S/C15H26N4/c1-4-6-13-18-14(16-5-2)9-15(19-13)17-10-11(3)12-7-8-12/h9,11-12H,4-8,10H2,1-3H3,(H2,16,17,18,19). The van der Waals surface area contributed by atoms with Crippen LogP contribution in [0.1, 0.15) is 45.9 Å². The lowest BCUT2D eigenvalue weighted by atomic mass is 10.1. The van der Waals surface area contributed by atoms with Crippen molar-refractivity contribution in [2.75, 3.05) is 23.7 Å². The molecule has 1 aromatic heterocycles. The predicted molar refractivity (Wildman–Crippen MR) is 80.6 cm³/mol. The van der Waals surface area contributed by atoms with Crippen LogP contribution < -0.4 is 10.6 Å². The average Bonchev–Trinajstić information content (AvgIpc) is 3.21. The average molecular weight is 262 g/mol. The summed E-state index contributed by atoms with van der Waals surface area (Å²) in [5.74, 6) is 4.50. The van der Waals surface area contributed by atoms with Gasteiger partial charge in [0.2, 0.25) is 0 Å². The van der Waals surface area contributed by atoms with Crippen LogP contribution in [0.5, 0.6) is 0 Å². The highest BCUT2D eigenvalue weighted by Gasteiger charge is 2.27. The Balaban J connectivity index is 1.99. The maximum Gasteiger partial charge on any atom is 0.133 e. The summed E-state index contributed by atoms with van der Waals surface area (Å²) in [6.07, 6.45) is 4.81. The third kappa shape index (κ3) is 4.37. The molecule has 0 aliphatic heterocycles. The molecule has 0 spiro atoms. The molecule has 2 rings (SSSR count). The molecule has 1 saturated carbocycles. The minimum Gasteiger partial charge on any atom is -0.370 e. The SMILES string of the molecule is CCCc1nc(NCC)cc(NCC(C)C2CC2)n1. The second-order valence-corrected chi connectivity index (χ2v) is 5.53. The van der Waals surface area contributed by atoms with Crippen LogP contribution in [0.4, 0.5) is 11.6 Å². The monoisotopic (exact) mass is 262 g/mol. The molecule has 0 radical (unpaired) electrons. The number of anilines is 2. The molecule has 1 aliphatic carbocycles. The molecule has 4 nitrogen and oxygen atoms in total. The van der Waals surface area contributed by atoms with Crippen LogP contribution in [0, 0.1) is 11.8 Å². The van der Waals surface area contributed by atoms with Crippen LogP contribution in [-0.4, -0.2) is 23.1 Å². The molecule has 106 valence electrons. The summed E-state index contributed by atoms with van der Waals surface area (Å²) in [7, 11) is 0. The fourth-order valence-corrected chi connectivity index (χ4v) is 2.29. The molecular weight excluding hydrogens is 236 g/mol. The van der Waals surface area contributed by atoms with E-state index in [9.17, 15) is 0 Å². The summed E-state index contributed by atoms with van der Waals surface area (Å²) >= 11 is 0. The number of hydrogen-bond donors (Lipinski definition) is 2. The third-order valence-electron chi connectivity index (χ3n) is 3.64. The van der Waals surface area contributed by atoms with Crippen molar-refractivity contribution in [3.8, 4) is 0 Å². The highest BCUT2D eigenvalue weighted by atomic mass is 15.1. The number of rotatable bonds is 8. The molecule has 0 aromatic carbocycles. The van der Waals surface area contributed by atoms with Crippen molar-refractivity contribution in [3.05, 3.63) is 11.9 Å². The third-order valence-corrected chi connectivity index (χ3v) is 3.64. The molecule has 1 aromatic rings. The summed E-state index contributed by atoms with van der Waals surface area (Å²) in [6.45, 7) is 8.47. The van der Waals surface area contributed by atoms with Crippen LogP contribution in [0.15, 0.2) is 6.07 Å². The van der Waals surface area contributed by atoms with Crippen LogP contribution in [0.3, 0.4) is 0 Å². The van der Waals surface area contributed by atoms with Crippen molar-refractivity contribution in [2.45, 2.75) is 46.5 Å². The predicted octanol–water partition coefficient (Wildman–Crippen LogP) is 3.32. The van der Waals surface area contributed by atoms with Crippen LogP contribution >= 0.6 is 0 Å². The number of nitrogens with one attached hydrogen (secondary N) is 2. The van der Waals surface area contributed by atoms with Gasteiger partial charge in [-0.3, -0.25) is 0 Å². The molecule has 0 amide bonds. The van der Waals surface area contributed by atoms with Gasteiger partial charge < -0.3 is 10.6 Å². The van der Waals surface area contributed by atoms with E-state index in [1.165, 1.54) is 12.8 Å². The van der Waals surface area contributed by atoms with Gasteiger partial charge in [-0.25, -0.2) is 9.97 Å². The Morgan fingerprint density at radius 3 is 2.47 bits per heavy atom. The minimum atomic E-state index is 0.743. The van der Waals surface area contributed by atoms with Crippen molar-refractivity contribution in [3.63, 3.8) is 0 Å². The van der Waals surface area contributed by atoms with Crippen LogP contribution in [0.25, 0.3) is 0 Å². The van der Waals surface area contributed by atoms with Crippen molar-refractivity contribution >= 4 is 11.6 Å². The molecule has 19 heavy (non-hydrogen) atoms. The number of nitrogens with zero attached hydrogens (tertiary/aromatic N) is 2. The molecule has 1 aliphatic rings. The quantitative estimate of drug-likeness (QED) is 0.754. The Morgan fingerprint density at radius 2 is 1.89 bits per heavy atom. The lowest BCUT2D eigenvalue weighted by Gasteiger charge is -2.14. The van der Waals surface area contributed by atoms with Gasteiger partial charge in [-0.05, 0) is 38.0 Å². The Labute approximate surface area is 116 Å². The van der Waals surface area contributed by atoms with Gasteiger partial charge in [0, 0.05) is 25.6 Å². The minimum absolute atomic E-state index is 0.743. The Hall–Kier alpha value is -1.32. The Bertz CT molecular complexity index is 377. The van der Waals surface area contributed by atoms with E-state index < -0.39 is 0 Å². The Morgan fingerprint density at radius 1 is 1.21 bits per heavy atom. The highest BCUT2D eigenvalue weighted by molar-refractivity contribution is 5.47. The second-order valence-electron chi connectivity index (χ2n) is 5.53. The molecule has 1 fully saturated rings. The fourth-order valence-electron chi connectivity index (χ4n) is 2.29. The largest absolute Gasteiger partial charge is 0.370 e. The normalized spacial score (nSPS) is 16.2. The summed E-state index contributed by atoms with van der Waals surface area (Å²) in [6, 6.07) is 2.02. The summed E-state index contributed by atoms with van der Waals surface area (Å²) in [5, 5.41) is 6.75. The van der Waals surface area contributed by atoms with Crippen LogP contribution in [0.2, 0.25) is 0 Å². The molecule has 1 atom stereocenters. The summed E-state index contributed by atoms with van der Waals surface area (Å²) in [5.41, 5.74) is 0. The van der Waals surface area contributed by atoms with Gasteiger partial charge in [-0.2, -0.15) is 0 Å². The number of hydrogen-bond acceptors (Lipinski definition) is 4. The zero-order chi connectivity index (χ0) is 13.7. The molecule has 1 heterocycles. The van der Waals surface area contributed by atoms with E-state index in [2.05, 4.69) is 41.4 Å². The maximum absolute atomic E-state index is 4.59. The van der Waals surface area contributed by atoms with Gasteiger partial charge in [0.05, 0.1) is 0 Å². The molecule has 1 unspecified atom stereocenters. The van der Waals surface area contributed by atoms with E-state index in [-0.39, 0.29) is 0 Å². The first-order valence-corrected chi connectivity index (χ1v) is 7.58. The first-order valence-electron chi connectivity index (χ1n) is 7.58. The lowest BCUT2D eigenvalue weighted by molar-refractivity contribution is 0.535. The van der Waals surface area contributed by atoms with Crippen molar-refractivity contribution in [2.24, 2.45) is 11.8 Å². The first kappa shape index (κ1) is 14.1. The number of aryl methyl sites for hydroxylation is 1. The number of aromatic nitrogens is 2. The van der Waals surface area contributed by atoms with E-state index in [1.54, 1.807) is 0 Å².